The van der Waals surface area contributed by atoms with Gasteiger partial charge in [-0.25, -0.2) is 4.79 Å². The average molecular weight is 493 g/mol. The smallest absolute Gasteiger partial charge is 0.338 e. The number of halogens is 2. The second-order valence-corrected chi connectivity index (χ2v) is 7.62. The quantitative estimate of drug-likeness (QED) is 0.108. The second kappa shape index (κ2) is 13.4. The summed E-state index contributed by atoms with van der Waals surface area (Å²) in [6, 6.07) is 19.4. The molecule has 0 amide bonds. The third kappa shape index (κ3) is 8.36. The van der Waals surface area contributed by atoms with Gasteiger partial charge in [-0.1, -0.05) is 49.6 Å². The molecule has 0 heterocycles. The molecule has 0 saturated carbocycles. The Bertz CT molecular complexity index is 1260. The van der Waals surface area contributed by atoms with Crippen LogP contribution in [0.5, 0.6) is 17.2 Å². The molecular weight excluding hydrogens is 466 g/mol. The van der Waals surface area contributed by atoms with Gasteiger partial charge in [-0.15, -0.1) is 0 Å². The van der Waals surface area contributed by atoms with Gasteiger partial charge in [-0.2, -0.15) is 8.78 Å². The molecule has 0 aromatic heterocycles. The lowest BCUT2D eigenvalue weighted by Gasteiger charge is -2.12. The maximum atomic E-state index is 12.7. The van der Waals surface area contributed by atoms with Crippen molar-refractivity contribution in [1.82, 2.24) is 0 Å². The third-order valence-electron chi connectivity index (χ3n) is 4.61. The molecule has 3 aromatic rings. The number of benzene rings is 3. The largest absolute Gasteiger partial charge is 0.497 e. The Morgan fingerprint density at radius 2 is 1.36 bits per heavy atom. The fourth-order valence-corrected chi connectivity index (χ4v) is 2.83. The lowest BCUT2D eigenvalue weighted by atomic mass is 9.99. The number of carbonyl (C=O) groups excluding carboxylic acids is 2. The van der Waals surface area contributed by atoms with E-state index in [0.29, 0.717) is 34.5 Å². The molecule has 0 aliphatic heterocycles. The Labute approximate surface area is 208 Å². The number of aldehydes is 1. The van der Waals surface area contributed by atoms with Crippen molar-refractivity contribution in [3.8, 4) is 39.5 Å². The predicted molar refractivity (Wildman–Crippen MR) is 136 cm³/mol. The van der Waals surface area contributed by atoms with E-state index in [0.717, 1.165) is 23.0 Å². The zero-order valence-electron chi connectivity index (χ0n) is 20.2. The van der Waals surface area contributed by atoms with Gasteiger partial charge in [0, 0.05) is 11.1 Å². The van der Waals surface area contributed by atoms with E-state index in [1.807, 2.05) is 18.2 Å². The number of hydrogen-bond donors (Lipinski definition) is 0. The van der Waals surface area contributed by atoms with E-state index in [1.165, 1.54) is 0 Å². The molecule has 3 rings (SSSR count). The van der Waals surface area contributed by atoms with Crippen molar-refractivity contribution in [1.29, 1.82) is 0 Å². The molecule has 0 radical (unpaired) electrons. The molecule has 0 bridgehead atoms. The van der Waals surface area contributed by atoms with E-state index in [1.54, 1.807) is 69.5 Å². The van der Waals surface area contributed by atoms with Crippen LogP contribution in [0.4, 0.5) is 8.78 Å². The first kappa shape index (κ1) is 27.7. The average Bonchev–Trinajstić information content (AvgIpc) is 2.88. The number of allylic oxidation sites excluding steroid dienone is 1. The molecule has 0 aliphatic carbocycles. The van der Waals surface area contributed by atoms with E-state index < -0.39 is 12.0 Å². The molecule has 0 fully saturated rings. The van der Waals surface area contributed by atoms with Gasteiger partial charge in [-0.3, -0.25) is 4.79 Å². The molecule has 0 atom stereocenters. The van der Waals surface area contributed by atoms with E-state index in [9.17, 15) is 18.4 Å². The monoisotopic (exact) mass is 492 g/mol. The van der Waals surface area contributed by atoms with Gasteiger partial charge in [0.05, 0.1) is 7.11 Å². The fraction of sp³-hybridized carbons (Fsp3) is 0.103. The van der Waals surface area contributed by atoms with E-state index in [2.05, 4.69) is 13.2 Å². The summed E-state index contributed by atoms with van der Waals surface area (Å²) in [5, 5.41) is 0. The number of methoxy groups -OCH3 is 1. The highest BCUT2D eigenvalue weighted by molar-refractivity contribution is 5.88. The van der Waals surface area contributed by atoms with E-state index in [-0.39, 0.29) is 5.75 Å². The molecule has 5 nitrogen and oxygen atoms in total. The molecule has 7 heteroatoms. The molecule has 36 heavy (non-hydrogen) atoms. The summed E-state index contributed by atoms with van der Waals surface area (Å²) in [5.74, 6) is 0.830. The maximum Gasteiger partial charge on any atom is 0.338 e. The van der Waals surface area contributed by atoms with Gasteiger partial charge in [0.15, 0.2) is 6.26 Å². The van der Waals surface area contributed by atoms with Gasteiger partial charge in [0.25, 0.3) is 0 Å². The summed E-state index contributed by atoms with van der Waals surface area (Å²) in [5.41, 5.74) is 3.86. The summed E-state index contributed by atoms with van der Waals surface area (Å²) in [6.07, 6.45) is -0.804. The molecule has 186 valence electrons. The zero-order valence-corrected chi connectivity index (χ0v) is 20.2. The van der Waals surface area contributed by atoms with Crippen molar-refractivity contribution in [2.24, 2.45) is 0 Å². The number of rotatable bonds is 8. The highest BCUT2D eigenvalue weighted by Crippen LogP contribution is 2.36. The summed E-state index contributed by atoms with van der Waals surface area (Å²) < 4.78 is 40.9. The number of carbonyl (C=O) groups is 2. The normalized spacial score (nSPS) is 9.69. The summed E-state index contributed by atoms with van der Waals surface area (Å²) in [4.78, 5) is 21.0. The predicted octanol–water partition coefficient (Wildman–Crippen LogP) is 7.39. The Morgan fingerprint density at radius 1 is 0.833 bits per heavy atom. The number of ether oxygens (including phenoxy) is 3. The Kier molecular flexibility index (Phi) is 10.3. The van der Waals surface area contributed by atoms with E-state index in [4.69, 9.17) is 14.2 Å². The van der Waals surface area contributed by atoms with Gasteiger partial charge >= 0.3 is 12.0 Å². The fourth-order valence-electron chi connectivity index (χ4n) is 2.83. The van der Waals surface area contributed by atoms with Crippen molar-refractivity contribution in [3.05, 3.63) is 103 Å². The van der Waals surface area contributed by atoms with E-state index >= 15 is 0 Å². The minimum Gasteiger partial charge on any atom is -0.497 e. The van der Waals surface area contributed by atoms with Crippen LogP contribution in [0.3, 0.4) is 0 Å². The lowest BCUT2D eigenvalue weighted by molar-refractivity contribution is -0.130. The van der Waals surface area contributed by atoms with Crippen LogP contribution in [0.1, 0.15) is 13.8 Å². The summed E-state index contributed by atoms with van der Waals surface area (Å²) >= 11 is 0. The summed E-state index contributed by atoms with van der Waals surface area (Å²) in [7, 11) is 1.57. The highest BCUT2D eigenvalue weighted by Gasteiger charge is 2.11. The van der Waals surface area contributed by atoms with Crippen molar-refractivity contribution < 1.29 is 32.6 Å². The minimum atomic E-state index is -1.94. The van der Waals surface area contributed by atoms with Crippen molar-refractivity contribution in [3.63, 3.8) is 0 Å². The first-order chi connectivity index (χ1) is 17.1. The molecule has 0 N–H and O–H groups in total. The van der Waals surface area contributed by atoms with Gasteiger partial charge < -0.3 is 14.2 Å². The first-order valence-electron chi connectivity index (χ1n) is 10.7. The van der Waals surface area contributed by atoms with Crippen LogP contribution in [-0.4, -0.2) is 19.4 Å². The second-order valence-electron chi connectivity index (χ2n) is 7.62. The van der Waals surface area contributed by atoms with Gasteiger partial charge in [0.1, 0.15) is 23.5 Å². The molecule has 0 unspecified atom stereocenters. The van der Waals surface area contributed by atoms with Crippen molar-refractivity contribution in [2.75, 3.05) is 7.11 Å². The summed E-state index contributed by atoms with van der Waals surface area (Å²) in [6.45, 7) is 10.1. The van der Waals surface area contributed by atoms with Crippen LogP contribution >= 0.6 is 0 Å². The van der Waals surface area contributed by atoms with Crippen molar-refractivity contribution in [2.45, 2.75) is 13.8 Å². The molecule has 0 spiro atoms. The standard InChI is InChI=1S/C25H20F2O4.C4H6O/c1-16(2)25(28)31-21-11-4-17(5-12-21)19-8-13-22(23(14-19)30-15-24(26)27)18-6-9-20(29-3)10-7-18;1-4(2)3-5/h4-15H,1H2,2-3H3;3H,1H2,2H3. The maximum absolute atomic E-state index is 12.7. The topological polar surface area (TPSA) is 61.8 Å². The molecule has 3 aromatic carbocycles. The van der Waals surface area contributed by atoms with Gasteiger partial charge in [-0.05, 0) is 66.4 Å². The molecule has 0 aliphatic rings. The van der Waals surface area contributed by atoms with Crippen LogP contribution in [-0.2, 0) is 9.59 Å². The van der Waals surface area contributed by atoms with Crippen LogP contribution in [0.15, 0.2) is 103 Å². The molecular formula is C29H26F2O5. The Morgan fingerprint density at radius 3 is 1.86 bits per heavy atom. The first-order valence-corrected chi connectivity index (χ1v) is 10.7. The molecule has 0 saturated heterocycles. The zero-order chi connectivity index (χ0) is 26.7. The SMILES string of the molecule is C=C(C)C(=O)Oc1ccc(-c2ccc(-c3ccc(OC)cc3)c(OC=C(F)F)c2)cc1.C=C(C)C=O. The Hall–Kier alpha value is -4.52. The lowest BCUT2D eigenvalue weighted by Crippen LogP contribution is -2.07. The number of esters is 1. The highest BCUT2D eigenvalue weighted by atomic mass is 19.3. The van der Waals surface area contributed by atoms with Crippen molar-refractivity contribution >= 4 is 12.3 Å². The number of hydrogen-bond acceptors (Lipinski definition) is 5. The van der Waals surface area contributed by atoms with Gasteiger partial charge in [0.2, 0.25) is 0 Å². The van der Waals surface area contributed by atoms with Crippen LogP contribution in [0.2, 0.25) is 0 Å². The van der Waals surface area contributed by atoms with Crippen LogP contribution < -0.4 is 14.2 Å². The van der Waals surface area contributed by atoms with Crippen LogP contribution in [0.25, 0.3) is 22.3 Å². The van der Waals surface area contributed by atoms with Crippen LogP contribution in [0, 0.1) is 0 Å². The minimum absolute atomic E-state index is 0.272. The third-order valence-corrected chi connectivity index (χ3v) is 4.61. The Balaban J connectivity index is 0.000000830.